The predicted octanol–water partition coefficient (Wildman–Crippen LogP) is 3.00. The van der Waals surface area contributed by atoms with Crippen molar-refractivity contribution in [2.45, 2.75) is 36.8 Å². The fourth-order valence-electron chi connectivity index (χ4n) is 5.70. The zero-order valence-corrected chi connectivity index (χ0v) is 21.6. The Morgan fingerprint density at radius 2 is 1.12 bits per heavy atom. The molecular formula is C30H26O12. The third kappa shape index (κ3) is 4.24. The second-order valence-corrected chi connectivity index (χ2v) is 10.3. The van der Waals surface area contributed by atoms with Gasteiger partial charge in [0.25, 0.3) is 0 Å². The molecule has 42 heavy (non-hydrogen) atoms. The maximum Gasteiger partial charge on any atom is 0.157 e. The van der Waals surface area contributed by atoms with Crippen molar-refractivity contribution in [2.75, 3.05) is 0 Å². The maximum absolute atomic E-state index is 11.6. The van der Waals surface area contributed by atoms with Crippen LogP contribution in [0.5, 0.6) is 57.5 Å². The molecule has 0 aliphatic carbocycles. The molecule has 0 bridgehead atoms. The highest BCUT2D eigenvalue weighted by atomic mass is 16.5. The molecular weight excluding hydrogens is 552 g/mol. The Balaban J connectivity index is 1.47. The van der Waals surface area contributed by atoms with Crippen LogP contribution in [0.4, 0.5) is 0 Å². The van der Waals surface area contributed by atoms with E-state index >= 15 is 0 Å². The lowest BCUT2D eigenvalue weighted by Crippen LogP contribution is -2.35. The quantitative estimate of drug-likeness (QED) is 0.159. The van der Waals surface area contributed by atoms with Crippen LogP contribution in [0.2, 0.25) is 0 Å². The number of fused-ring (bicyclic) bond motifs is 2. The van der Waals surface area contributed by atoms with Crippen LogP contribution in [0.25, 0.3) is 0 Å². The SMILES string of the molecule is Oc1cc(O)c2c(c1)O[C@H](c1ccc(O)c(O)c1)[C@@H](O)[C@H]2c1c(O)cc2c(c1O)C[C@@H](O)[C@@H](c1ccc(O)c(O)c1)O2. The standard InChI is InChI=1S/C30H26O12/c31-13-7-19(36)24-23(8-13)42-30(12-2-4-16(33)18(35)6-12)28(40)26(24)25-20(37)10-22-14(27(25)39)9-21(38)29(41-22)11-1-3-15(32)17(34)5-11/h1-8,10,21,26,28-40H,9H2/t21-,26-,28+,29-,30-/m1/s1. The van der Waals surface area contributed by atoms with Gasteiger partial charge in [0.1, 0.15) is 46.7 Å². The third-order valence-corrected chi connectivity index (χ3v) is 7.69. The number of hydrogen-bond acceptors (Lipinski definition) is 12. The summed E-state index contributed by atoms with van der Waals surface area (Å²) in [6.07, 6.45) is -5.31. The Hall–Kier alpha value is -5.20. The number of hydrogen-bond donors (Lipinski definition) is 10. The van der Waals surface area contributed by atoms with Crippen molar-refractivity contribution in [1.82, 2.24) is 0 Å². The van der Waals surface area contributed by atoms with Crippen molar-refractivity contribution in [3.05, 3.63) is 82.4 Å². The van der Waals surface area contributed by atoms with Crippen LogP contribution in [-0.4, -0.2) is 63.3 Å². The molecule has 12 nitrogen and oxygen atoms in total. The minimum absolute atomic E-state index is 0.00771. The summed E-state index contributed by atoms with van der Waals surface area (Å²) in [6.45, 7) is 0. The van der Waals surface area contributed by atoms with E-state index in [4.69, 9.17) is 9.47 Å². The van der Waals surface area contributed by atoms with Crippen molar-refractivity contribution in [3.8, 4) is 57.5 Å². The van der Waals surface area contributed by atoms with Gasteiger partial charge in [-0.1, -0.05) is 12.1 Å². The van der Waals surface area contributed by atoms with E-state index in [0.29, 0.717) is 5.56 Å². The summed E-state index contributed by atoms with van der Waals surface area (Å²) in [5, 5.41) is 105. The van der Waals surface area contributed by atoms with Gasteiger partial charge in [0.2, 0.25) is 0 Å². The first-order valence-electron chi connectivity index (χ1n) is 12.8. The van der Waals surface area contributed by atoms with E-state index in [2.05, 4.69) is 0 Å². The van der Waals surface area contributed by atoms with Crippen LogP contribution in [0, 0.1) is 0 Å². The predicted molar refractivity (Wildman–Crippen MR) is 143 cm³/mol. The van der Waals surface area contributed by atoms with E-state index in [-0.39, 0.29) is 51.7 Å². The molecule has 2 aliphatic rings. The second-order valence-electron chi connectivity index (χ2n) is 10.3. The lowest BCUT2D eigenvalue weighted by molar-refractivity contribution is 0.00573. The van der Waals surface area contributed by atoms with Crippen LogP contribution in [0.3, 0.4) is 0 Å². The van der Waals surface area contributed by atoms with Crippen molar-refractivity contribution in [3.63, 3.8) is 0 Å². The average Bonchev–Trinajstić information content (AvgIpc) is 2.93. The zero-order chi connectivity index (χ0) is 30.0. The number of rotatable bonds is 3. The molecule has 4 aromatic carbocycles. The van der Waals surface area contributed by atoms with Gasteiger partial charge < -0.3 is 60.5 Å². The number of aliphatic hydroxyl groups excluding tert-OH is 2. The summed E-state index contributed by atoms with van der Waals surface area (Å²) in [5.41, 5.74) is 0.333. The molecule has 2 heterocycles. The molecule has 4 aromatic rings. The molecule has 2 aliphatic heterocycles. The molecule has 0 aromatic heterocycles. The van der Waals surface area contributed by atoms with E-state index in [1.165, 1.54) is 42.5 Å². The van der Waals surface area contributed by atoms with Crippen molar-refractivity contribution in [1.29, 1.82) is 0 Å². The molecule has 5 atom stereocenters. The van der Waals surface area contributed by atoms with Gasteiger partial charge in [-0.05, 0) is 35.4 Å². The highest BCUT2D eigenvalue weighted by Gasteiger charge is 2.45. The van der Waals surface area contributed by atoms with Crippen molar-refractivity contribution >= 4 is 0 Å². The third-order valence-electron chi connectivity index (χ3n) is 7.69. The number of phenolic OH excluding ortho intramolecular Hbond substituents is 8. The molecule has 0 radical (unpaired) electrons. The highest BCUT2D eigenvalue weighted by molar-refractivity contribution is 5.65. The summed E-state index contributed by atoms with van der Waals surface area (Å²) in [4.78, 5) is 0. The topological polar surface area (TPSA) is 221 Å². The molecule has 0 unspecified atom stereocenters. The monoisotopic (exact) mass is 578 g/mol. The average molecular weight is 579 g/mol. The fourth-order valence-corrected chi connectivity index (χ4v) is 5.70. The van der Waals surface area contributed by atoms with Gasteiger partial charge in [0, 0.05) is 41.3 Å². The Morgan fingerprint density at radius 1 is 0.548 bits per heavy atom. The molecule has 218 valence electrons. The van der Waals surface area contributed by atoms with Gasteiger partial charge in [0.05, 0.1) is 12.0 Å². The number of aliphatic hydroxyl groups is 2. The van der Waals surface area contributed by atoms with E-state index in [1.807, 2.05) is 0 Å². The van der Waals surface area contributed by atoms with E-state index in [9.17, 15) is 51.1 Å². The summed E-state index contributed by atoms with van der Waals surface area (Å²) in [7, 11) is 0. The Labute approximate surface area is 237 Å². The molecule has 10 N–H and O–H groups in total. The van der Waals surface area contributed by atoms with Crippen LogP contribution in [0.15, 0.2) is 54.6 Å². The minimum atomic E-state index is -1.60. The molecule has 0 amide bonds. The number of aromatic hydroxyl groups is 8. The largest absolute Gasteiger partial charge is 0.508 e. The van der Waals surface area contributed by atoms with Gasteiger partial charge in [0.15, 0.2) is 29.1 Å². The first-order valence-corrected chi connectivity index (χ1v) is 12.8. The summed E-state index contributed by atoms with van der Waals surface area (Å²) in [6, 6.07) is 11.0. The van der Waals surface area contributed by atoms with Crippen LogP contribution in [-0.2, 0) is 6.42 Å². The van der Waals surface area contributed by atoms with E-state index in [1.54, 1.807) is 0 Å². The molecule has 12 heteroatoms. The highest BCUT2D eigenvalue weighted by Crippen LogP contribution is 2.56. The second kappa shape index (κ2) is 9.72. The molecule has 0 saturated heterocycles. The number of phenols is 8. The van der Waals surface area contributed by atoms with Gasteiger partial charge in [-0.25, -0.2) is 0 Å². The Bertz CT molecular complexity index is 1720. The molecule has 0 fully saturated rings. The molecule has 0 spiro atoms. The number of benzene rings is 4. The van der Waals surface area contributed by atoms with Gasteiger partial charge in [-0.15, -0.1) is 0 Å². The first-order chi connectivity index (χ1) is 19.9. The summed E-state index contributed by atoms with van der Waals surface area (Å²) in [5.74, 6) is -5.07. The van der Waals surface area contributed by atoms with Crippen LogP contribution >= 0.6 is 0 Å². The lowest BCUT2D eigenvalue weighted by atomic mass is 9.77. The van der Waals surface area contributed by atoms with Gasteiger partial charge in [-0.3, -0.25) is 0 Å². The normalized spacial score (nSPS) is 22.9. The first kappa shape index (κ1) is 27.0. The van der Waals surface area contributed by atoms with E-state index < -0.39 is 64.8 Å². The Kier molecular flexibility index (Phi) is 6.24. The van der Waals surface area contributed by atoms with Gasteiger partial charge >= 0.3 is 0 Å². The Morgan fingerprint density at radius 3 is 1.74 bits per heavy atom. The minimum Gasteiger partial charge on any atom is -0.508 e. The van der Waals surface area contributed by atoms with Crippen molar-refractivity contribution < 1.29 is 60.5 Å². The summed E-state index contributed by atoms with van der Waals surface area (Å²) >= 11 is 0. The van der Waals surface area contributed by atoms with Crippen LogP contribution < -0.4 is 9.47 Å². The van der Waals surface area contributed by atoms with Crippen molar-refractivity contribution in [2.24, 2.45) is 0 Å². The smallest absolute Gasteiger partial charge is 0.157 e. The van der Waals surface area contributed by atoms with Gasteiger partial charge in [-0.2, -0.15) is 0 Å². The fraction of sp³-hybridized carbons (Fsp3) is 0.200. The van der Waals surface area contributed by atoms with Crippen LogP contribution in [0.1, 0.15) is 45.9 Å². The summed E-state index contributed by atoms with van der Waals surface area (Å²) < 4.78 is 11.8. The molecule has 6 rings (SSSR count). The lowest BCUT2D eigenvalue weighted by Gasteiger charge is -2.39. The zero-order valence-electron chi connectivity index (χ0n) is 21.6. The molecule has 0 saturated carbocycles. The van der Waals surface area contributed by atoms with E-state index in [0.717, 1.165) is 12.1 Å². The number of ether oxygens (including phenoxy) is 2. The maximum atomic E-state index is 11.6.